The van der Waals surface area contributed by atoms with Crippen LogP contribution in [0.2, 0.25) is 0 Å². The number of hydrogen-bond acceptors (Lipinski definition) is 4. The molecule has 1 unspecified atom stereocenters. The first-order valence-electron chi connectivity index (χ1n) is 6.60. The predicted molar refractivity (Wildman–Crippen MR) is 80.0 cm³/mol. The van der Waals surface area contributed by atoms with Gasteiger partial charge in [0.15, 0.2) is 0 Å². The van der Waals surface area contributed by atoms with Crippen molar-refractivity contribution in [3.05, 3.63) is 28.8 Å². The van der Waals surface area contributed by atoms with E-state index in [0.717, 1.165) is 16.7 Å². The third-order valence-electron chi connectivity index (χ3n) is 3.28. The van der Waals surface area contributed by atoms with Gasteiger partial charge in [-0.25, -0.2) is 13.1 Å². The van der Waals surface area contributed by atoms with E-state index in [1.54, 1.807) is 13.2 Å². The van der Waals surface area contributed by atoms with Gasteiger partial charge in [-0.3, -0.25) is 0 Å². The molecule has 0 amide bonds. The molecule has 1 aromatic rings. The Balaban J connectivity index is 3.00. The number of methoxy groups -OCH3 is 1. The van der Waals surface area contributed by atoms with Crippen LogP contribution in [0.1, 0.15) is 23.6 Å². The largest absolute Gasteiger partial charge is 0.384 e. The zero-order chi connectivity index (χ0) is 15.3. The molecule has 0 radical (unpaired) electrons. The first-order chi connectivity index (χ1) is 9.31. The molecule has 1 atom stereocenters. The molecule has 0 saturated carbocycles. The van der Waals surface area contributed by atoms with E-state index >= 15 is 0 Å². The average molecular weight is 300 g/mol. The van der Waals surface area contributed by atoms with E-state index in [9.17, 15) is 8.42 Å². The zero-order valence-electron chi connectivity index (χ0n) is 12.6. The SMILES string of the molecule is COCC(C)CNS(=O)(=O)c1cc(CN)cc(C)c1C. The molecule has 0 heterocycles. The fraction of sp³-hybridized carbons (Fsp3) is 0.571. The Hall–Kier alpha value is -0.950. The fourth-order valence-electron chi connectivity index (χ4n) is 1.97. The van der Waals surface area contributed by atoms with Gasteiger partial charge in [0.2, 0.25) is 10.0 Å². The molecule has 3 N–H and O–H groups in total. The number of nitrogens with two attached hydrogens (primary N) is 1. The number of nitrogens with one attached hydrogen (secondary N) is 1. The molecule has 114 valence electrons. The molecule has 0 spiro atoms. The van der Waals surface area contributed by atoms with Crippen LogP contribution in [0, 0.1) is 19.8 Å². The molecule has 0 aliphatic heterocycles. The molecule has 1 rings (SSSR count). The van der Waals surface area contributed by atoms with Crippen LogP contribution in [0.3, 0.4) is 0 Å². The van der Waals surface area contributed by atoms with E-state index in [4.69, 9.17) is 10.5 Å². The normalized spacial score (nSPS) is 13.4. The molecule has 0 aliphatic rings. The van der Waals surface area contributed by atoms with Crippen molar-refractivity contribution in [1.82, 2.24) is 4.72 Å². The average Bonchev–Trinajstić information content (AvgIpc) is 2.39. The number of hydrogen-bond donors (Lipinski definition) is 2. The van der Waals surface area contributed by atoms with Crippen molar-refractivity contribution in [2.45, 2.75) is 32.2 Å². The van der Waals surface area contributed by atoms with Crippen molar-refractivity contribution in [2.75, 3.05) is 20.3 Å². The quantitative estimate of drug-likeness (QED) is 0.796. The van der Waals surface area contributed by atoms with Crippen LogP contribution in [0.4, 0.5) is 0 Å². The summed E-state index contributed by atoms with van der Waals surface area (Å²) in [7, 11) is -1.92. The lowest BCUT2D eigenvalue weighted by molar-refractivity contribution is 0.161. The zero-order valence-corrected chi connectivity index (χ0v) is 13.4. The molecule has 0 aromatic heterocycles. The van der Waals surface area contributed by atoms with Gasteiger partial charge in [-0.05, 0) is 42.5 Å². The molecule has 6 heteroatoms. The van der Waals surface area contributed by atoms with E-state index in [1.165, 1.54) is 0 Å². The first-order valence-corrected chi connectivity index (χ1v) is 8.09. The summed E-state index contributed by atoms with van der Waals surface area (Å²) < 4.78 is 32.4. The van der Waals surface area contributed by atoms with Gasteiger partial charge in [-0.2, -0.15) is 0 Å². The van der Waals surface area contributed by atoms with Crippen LogP contribution in [0.25, 0.3) is 0 Å². The summed E-state index contributed by atoms with van der Waals surface area (Å²) in [4.78, 5) is 0.308. The third kappa shape index (κ3) is 4.28. The lowest BCUT2D eigenvalue weighted by Gasteiger charge is -2.15. The topological polar surface area (TPSA) is 81.4 Å². The van der Waals surface area contributed by atoms with Gasteiger partial charge >= 0.3 is 0 Å². The Morgan fingerprint density at radius 3 is 2.55 bits per heavy atom. The van der Waals surface area contributed by atoms with E-state index in [-0.39, 0.29) is 5.92 Å². The maximum atomic E-state index is 12.4. The Morgan fingerprint density at radius 1 is 1.35 bits per heavy atom. The summed E-state index contributed by atoms with van der Waals surface area (Å²) >= 11 is 0. The molecule has 0 aliphatic carbocycles. The van der Waals surface area contributed by atoms with Crippen molar-refractivity contribution in [2.24, 2.45) is 11.7 Å². The van der Waals surface area contributed by atoms with Crippen molar-refractivity contribution in [3.8, 4) is 0 Å². The van der Waals surface area contributed by atoms with E-state index in [2.05, 4.69) is 4.72 Å². The summed E-state index contributed by atoms with van der Waals surface area (Å²) in [6, 6.07) is 3.56. The maximum Gasteiger partial charge on any atom is 0.240 e. The van der Waals surface area contributed by atoms with Gasteiger partial charge in [-0.1, -0.05) is 13.0 Å². The summed E-state index contributed by atoms with van der Waals surface area (Å²) in [5, 5.41) is 0. The number of benzene rings is 1. The summed E-state index contributed by atoms with van der Waals surface area (Å²) in [6.45, 7) is 6.82. The van der Waals surface area contributed by atoms with Gasteiger partial charge in [0, 0.05) is 26.8 Å². The van der Waals surface area contributed by atoms with Gasteiger partial charge in [0.1, 0.15) is 0 Å². The molecule has 1 aromatic carbocycles. The summed E-state index contributed by atoms with van der Waals surface area (Å²) in [6.07, 6.45) is 0. The van der Waals surface area contributed by atoms with Crippen molar-refractivity contribution in [1.29, 1.82) is 0 Å². The Bertz CT molecular complexity index is 556. The molecular weight excluding hydrogens is 276 g/mol. The van der Waals surface area contributed by atoms with Gasteiger partial charge in [0.05, 0.1) is 4.90 Å². The predicted octanol–water partition coefficient (Wildman–Crippen LogP) is 1.32. The van der Waals surface area contributed by atoms with Crippen molar-refractivity contribution < 1.29 is 13.2 Å². The molecule has 0 bridgehead atoms. The number of sulfonamides is 1. The Labute approximate surface area is 121 Å². The second-order valence-electron chi connectivity index (χ2n) is 5.15. The standard InChI is InChI=1S/C14H24N2O3S/c1-10(9-19-4)8-16-20(17,18)14-6-13(7-15)5-11(2)12(14)3/h5-6,10,16H,7-9,15H2,1-4H3. The van der Waals surface area contributed by atoms with Crippen LogP contribution in [-0.2, 0) is 21.3 Å². The van der Waals surface area contributed by atoms with Gasteiger partial charge < -0.3 is 10.5 Å². The highest BCUT2D eigenvalue weighted by molar-refractivity contribution is 7.89. The highest BCUT2D eigenvalue weighted by Gasteiger charge is 2.19. The lowest BCUT2D eigenvalue weighted by Crippen LogP contribution is -2.30. The van der Waals surface area contributed by atoms with E-state index < -0.39 is 10.0 Å². The Morgan fingerprint density at radius 2 is 2.00 bits per heavy atom. The van der Waals surface area contributed by atoms with Crippen LogP contribution in [0.15, 0.2) is 17.0 Å². The summed E-state index contributed by atoms with van der Waals surface area (Å²) in [5.41, 5.74) is 8.12. The van der Waals surface area contributed by atoms with Crippen LogP contribution >= 0.6 is 0 Å². The number of aryl methyl sites for hydroxylation is 1. The first kappa shape index (κ1) is 17.1. The summed E-state index contributed by atoms with van der Waals surface area (Å²) in [5.74, 6) is 0.119. The minimum Gasteiger partial charge on any atom is -0.384 e. The van der Waals surface area contributed by atoms with Crippen molar-refractivity contribution >= 4 is 10.0 Å². The van der Waals surface area contributed by atoms with Gasteiger partial charge in [-0.15, -0.1) is 0 Å². The van der Waals surface area contributed by atoms with E-state index in [1.807, 2.05) is 26.8 Å². The molecule has 0 fully saturated rings. The second kappa shape index (κ2) is 7.17. The molecule has 0 saturated heterocycles. The number of ether oxygens (including phenoxy) is 1. The maximum absolute atomic E-state index is 12.4. The van der Waals surface area contributed by atoms with Crippen LogP contribution in [-0.4, -0.2) is 28.7 Å². The van der Waals surface area contributed by atoms with Crippen LogP contribution in [0.5, 0.6) is 0 Å². The minimum absolute atomic E-state index is 0.119. The molecular formula is C14H24N2O3S. The minimum atomic E-state index is -3.52. The second-order valence-corrected chi connectivity index (χ2v) is 6.89. The van der Waals surface area contributed by atoms with Gasteiger partial charge in [0.25, 0.3) is 0 Å². The smallest absolute Gasteiger partial charge is 0.240 e. The monoisotopic (exact) mass is 300 g/mol. The highest BCUT2D eigenvalue weighted by atomic mass is 32.2. The lowest BCUT2D eigenvalue weighted by atomic mass is 10.1. The number of rotatable bonds is 7. The highest BCUT2D eigenvalue weighted by Crippen LogP contribution is 2.21. The fourth-order valence-corrected chi connectivity index (χ4v) is 3.50. The van der Waals surface area contributed by atoms with Crippen LogP contribution < -0.4 is 10.5 Å². The molecule has 5 nitrogen and oxygen atoms in total. The van der Waals surface area contributed by atoms with E-state index in [0.29, 0.717) is 24.6 Å². The van der Waals surface area contributed by atoms with Crippen molar-refractivity contribution in [3.63, 3.8) is 0 Å². The third-order valence-corrected chi connectivity index (χ3v) is 4.83. The Kier molecular flexibility index (Phi) is 6.13. The molecule has 20 heavy (non-hydrogen) atoms.